The molecule has 1 aromatic rings. The summed E-state index contributed by atoms with van der Waals surface area (Å²) in [6.07, 6.45) is -0.0490. The molecule has 2 N–H and O–H groups in total. The zero-order chi connectivity index (χ0) is 15.2. The normalized spacial score (nSPS) is 13.6. The van der Waals surface area contributed by atoms with Crippen LogP contribution in [0.4, 0.5) is 0 Å². The van der Waals surface area contributed by atoms with E-state index >= 15 is 0 Å². The number of hydrogen-bond donors (Lipinski definition) is 2. The van der Waals surface area contributed by atoms with Gasteiger partial charge >= 0.3 is 5.97 Å². The van der Waals surface area contributed by atoms with Crippen LogP contribution in [-0.2, 0) is 15.0 Å². The van der Waals surface area contributed by atoms with Crippen LogP contribution in [0.5, 0.6) is 0 Å². The van der Waals surface area contributed by atoms with Crippen LogP contribution in [0.15, 0.2) is 30.3 Å². The maximum Gasteiger partial charge on any atom is 0.314 e. The molecule has 20 heavy (non-hydrogen) atoms. The van der Waals surface area contributed by atoms with Gasteiger partial charge in [-0.3, -0.25) is 9.59 Å². The molecule has 0 fully saturated rings. The van der Waals surface area contributed by atoms with Crippen LogP contribution in [-0.4, -0.2) is 49.1 Å². The van der Waals surface area contributed by atoms with Crippen molar-refractivity contribution in [1.82, 2.24) is 10.2 Å². The van der Waals surface area contributed by atoms with Crippen molar-refractivity contribution >= 4 is 11.9 Å². The highest BCUT2D eigenvalue weighted by atomic mass is 16.4. The molecule has 0 spiro atoms. The number of aliphatic carboxylic acids is 1. The molecule has 1 amide bonds. The van der Waals surface area contributed by atoms with Gasteiger partial charge in [-0.1, -0.05) is 30.3 Å². The number of amides is 1. The Balaban J connectivity index is 2.88. The van der Waals surface area contributed by atoms with Gasteiger partial charge < -0.3 is 15.3 Å². The van der Waals surface area contributed by atoms with Crippen LogP contribution >= 0.6 is 0 Å². The fourth-order valence-corrected chi connectivity index (χ4v) is 1.95. The highest BCUT2D eigenvalue weighted by Gasteiger charge is 2.38. The number of nitrogens with zero attached hydrogens (tertiary/aromatic N) is 1. The minimum Gasteiger partial charge on any atom is -0.481 e. The lowest BCUT2D eigenvalue weighted by Gasteiger charge is -2.27. The number of hydrogen-bond acceptors (Lipinski definition) is 3. The van der Waals surface area contributed by atoms with Gasteiger partial charge in [-0.25, -0.2) is 0 Å². The molecule has 1 rings (SSSR count). The second kappa shape index (κ2) is 7.05. The van der Waals surface area contributed by atoms with Crippen molar-refractivity contribution in [3.05, 3.63) is 35.9 Å². The highest BCUT2D eigenvalue weighted by Crippen LogP contribution is 2.28. The summed E-state index contributed by atoms with van der Waals surface area (Å²) in [5, 5.41) is 12.5. The zero-order valence-corrected chi connectivity index (χ0v) is 12.2. The SMILES string of the molecule is CNCCN(C)C(=O)CC(C)(C(=O)O)c1ccccc1. The molecule has 0 heterocycles. The van der Waals surface area contributed by atoms with Crippen molar-refractivity contribution < 1.29 is 14.7 Å². The van der Waals surface area contributed by atoms with Gasteiger partial charge in [0.15, 0.2) is 0 Å². The third-order valence-corrected chi connectivity index (χ3v) is 3.51. The van der Waals surface area contributed by atoms with E-state index in [4.69, 9.17) is 0 Å². The summed E-state index contributed by atoms with van der Waals surface area (Å²) in [5.74, 6) is -1.16. The van der Waals surface area contributed by atoms with Crippen molar-refractivity contribution in [2.45, 2.75) is 18.8 Å². The first-order valence-corrected chi connectivity index (χ1v) is 6.59. The lowest BCUT2D eigenvalue weighted by Crippen LogP contribution is -2.41. The smallest absolute Gasteiger partial charge is 0.314 e. The minimum absolute atomic E-state index is 0.0490. The van der Waals surface area contributed by atoms with Crippen molar-refractivity contribution in [2.75, 3.05) is 27.2 Å². The summed E-state index contributed by atoms with van der Waals surface area (Å²) >= 11 is 0. The zero-order valence-electron chi connectivity index (χ0n) is 12.2. The summed E-state index contributed by atoms with van der Waals surface area (Å²) in [7, 11) is 3.50. The molecule has 5 nitrogen and oxygen atoms in total. The number of nitrogens with one attached hydrogen (secondary N) is 1. The largest absolute Gasteiger partial charge is 0.481 e. The Labute approximate surface area is 119 Å². The van der Waals surface area contributed by atoms with Crippen LogP contribution in [0.25, 0.3) is 0 Å². The van der Waals surface area contributed by atoms with Gasteiger partial charge in [0.05, 0.1) is 5.41 Å². The summed E-state index contributed by atoms with van der Waals surface area (Å²) < 4.78 is 0. The van der Waals surface area contributed by atoms with Crippen LogP contribution in [0.2, 0.25) is 0 Å². The molecule has 0 aliphatic rings. The molecule has 110 valence electrons. The summed E-state index contributed by atoms with van der Waals surface area (Å²) in [4.78, 5) is 25.3. The van der Waals surface area contributed by atoms with Gasteiger partial charge in [0, 0.05) is 26.6 Å². The van der Waals surface area contributed by atoms with Crippen LogP contribution in [0, 0.1) is 0 Å². The van der Waals surface area contributed by atoms with E-state index in [-0.39, 0.29) is 12.3 Å². The molecule has 0 bridgehead atoms. The molecule has 1 unspecified atom stereocenters. The van der Waals surface area contributed by atoms with E-state index in [0.717, 1.165) is 0 Å². The van der Waals surface area contributed by atoms with E-state index in [9.17, 15) is 14.7 Å². The number of likely N-dealkylation sites (N-methyl/N-ethyl adjacent to an activating group) is 2. The van der Waals surface area contributed by atoms with Crippen molar-refractivity contribution in [3.63, 3.8) is 0 Å². The maximum atomic E-state index is 12.2. The van der Waals surface area contributed by atoms with Crippen LogP contribution in [0.3, 0.4) is 0 Å². The standard InChI is InChI=1S/C15H22N2O3/c1-15(14(19)20,12-7-5-4-6-8-12)11-13(18)17(3)10-9-16-2/h4-8,16H,9-11H2,1-3H3,(H,19,20). The monoisotopic (exact) mass is 278 g/mol. The van der Waals surface area contributed by atoms with Gasteiger partial charge in [-0.05, 0) is 19.5 Å². The second-order valence-corrected chi connectivity index (χ2v) is 5.10. The fraction of sp³-hybridized carbons (Fsp3) is 0.467. The molecule has 5 heteroatoms. The lowest BCUT2D eigenvalue weighted by atomic mass is 9.79. The highest BCUT2D eigenvalue weighted by molar-refractivity contribution is 5.89. The van der Waals surface area contributed by atoms with Gasteiger partial charge in [0.2, 0.25) is 5.91 Å². The molecule has 0 aromatic heterocycles. The molecule has 0 saturated heterocycles. The summed E-state index contributed by atoms with van der Waals surface area (Å²) in [6, 6.07) is 8.88. The van der Waals surface area contributed by atoms with E-state index in [1.54, 1.807) is 43.1 Å². The van der Waals surface area contributed by atoms with E-state index in [1.807, 2.05) is 13.1 Å². The van der Waals surface area contributed by atoms with E-state index in [0.29, 0.717) is 18.7 Å². The molecule has 0 saturated carbocycles. The topological polar surface area (TPSA) is 69.6 Å². The predicted octanol–water partition coefficient (Wildman–Crippen LogP) is 1.10. The molecule has 0 aliphatic carbocycles. The average molecular weight is 278 g/mol. The Bertz CT molecular complexity index is 461. The number of benzene rings is 1. The maximum absolute atomic E-state index is 12.2. The first kappa shape index (κ1) is 16.2. The second-order valence-electron chi connectivity index (χ2n) is 5.10. The Morgan fingerprint density at radius 2 is 1.90 bits per heavy atom. The van der Waals surface area contributed by atoms with Crippen molar-refractivity contribution in [3.8, 4) is 0 Å². The van der Waals surface area contributed by atoms with E-state index < -0.39 is 11.4 Å². The molecular formula is C15H22N2O3. The quantitative estimate of drug-likeness (QED) is 0.783. The fourth-order valence-electron chi connectivity index (χ4n) is 1.95. The third kappa shape index (κ3) is 3.81. The van der Waals surface area contributed by atoms with Gasteiger partial charge in [0.25, 0.3) is 0 Å². The molecule has 0 radical (unpaired) electrons. The van der Waals surface area contributed by atoms with E-state index in [1.165, 1.54) is 0 Å². The van der Waals surface area contributed by atoms with Gasteiger partial charge in [-0.15, -0.1) is 0 Å². The Hall–Kier alpha value is -1.88. The first-order valence-electron chi connectivity index (χ1n) is 6.59. The molecular weight excluding hydrogens is 256 g/mol. The number of carboxylic acid groups (broad SMARTS) is 1. The molecule has 1 atom stereocenters. The first-order chi connectivity index (χ1) is 9.41. The Morgan fingerprint density at radius 1 is 1.30 bits per heavy atom. The average Bonchev–Trinajstić information content (AvgIpc) is 2.45. The van der Waals surface area contributed by atoms with E-state index in [2.05, 4.69) is 5.32 Å². The minimum atomic E-state index is -1.20. The predicted molar refractivity (Wildman–Crippen MR) is 77.6 cm³/mol. The van der Waals surface area contributed by atoms with Crippen LogP contribution in [0.1, 0.15) is 18.9 Å². The van der Waals surface area contributed by atoms with Crippen LogP contribution < -0.4 is 5.32 Å². The van der Waals surface area contributed by atoms with Gasteiger partial charge in [-0.2, -0.15) is 0 Å². The number of carboxylic acids is 1. The number of rotatable bonds is 7. The number of carbonyl (C=O) groups is 2. The van der Waals surface area contributed by atoms with Gasteiger partial charge in [0.1, 0.15) is 0 Å². The summed E-state index contributed by atoms with van der Waals surface area (Å²) in [5.41, 5.74) is -0.561. The third-order valence-electron chi connectivity index (χ3n) is 3.51. The molecule has 0 aliphatic heterocycles. The summed E-state index contributed by atoms with van der Waals surface area (Å²) in [6.45, 7) is 2.83. The Morgan fingerprint density at radius 3 is 2.40 bits per heavy atom. The van der Waals surface area contributed by atoms with Crippen molar-refractivity contribution in [1.29, 1.82) is 0 Å². The Kier molecular flexibility index (Phi) is 5.70. The number of carbonyl (C=O) groups excluding carboxylic acids is 1. The lowest BCUT2D eigenvalue weighted by molar-refractivity contribution is -0.147. The van der Waals surface area contributed by atoms with Crippen molar-refractivity contribution in [2.24, 2.45) is 0 Å². The molecule has 1 aromatic carbocycles.